The predicted octanol–water partition coefficient (Wildman–Crippen LogP) is 0.335. The summed E-state index contributed by atoms with van der Waals surface area (Å²) < 4.78 is 0. The summed E-state index contributed by atoms with van der Waals surface area (Å²) in [5.74, 6) is -0.574. The van der Waals surface area contributed by atoms with E-state index in [-0.39, 0.29) is 24.6 Å². The lowest BCUT2D eigenvalue weighted by Gasteiger charge is -2.12. The minimum atomic E-state index is -0.562. The molecule has 0 radical (unpaired) electrons. The summed E-state index contributed by atoms with van der Waals surface area (Å²) in [4.78, 5) is 9.93. The van der Waals surface area contributed by atoms with Crippen LogP contribution in [-0.2, 0) is 0 Å². The van der Waals surface area contributed by atoms with Gasteiger partial charge in [0.25, 0.3) is 5.69 Å². The van der Waals surface area contributed by atoms with E-state index in [1.54, 1.807) is 0 Å². The van der Waals surface area contributed by atoms with E-state index in [2.05, 4.69) is 0 Å². The standard InChI is InChI=1S/C9H12N2O4/c10-4-6(5-12)8-3-7(11(14)15)1-2-9(8)13/h1-3,6,12-13H,4-5,10H2. The van der Waals surface area contributed by atoms with Crippen LogP contribution in [0.4, 0.5) is 5.69 Å². The van der Waals surface area contributed by atoms with Gasteiger partial charge < -0.3 is 15.9 Å². The number of aliphatic hydroxyl groups excluding tert-OH is 1. The molecule has 0 spiro atoms. The van der Waals surface area contributed by atoms with Crippen LogP contribution in [0.3, 0.4) is 0 Å². The summed E-state index contributed by atoms with van der Waals surface area (Å²) in [6, 6.07) is 3.65. The molecular weight excluding hydrogens is 200 g/mol. The molecule has 0 aliphatic carbocycles. The maximum absolute atomic E-state index is 10.5. The van der Waals surface area contributed by atoms with Crippen molar-refractivity contribution in [1.29, 1.82) is 0 Å². The van der Waals surface area contributed by atoms with E-state index in [9.17, 15) is 15.2 Å². The van der Waals surface area contributed by atoms with Gasteiger partial charge in [0, 0.05) is 30.2 Å². The molecule has 0 bridgehead atoms. The highest BCUT2D eigenvalue weighted by Crippen LogP contribution is 2.28. The summed E-state index contributed by atoms with van der Waals surface area (Å²) in [6.45, 7) is -0.142. The lowest BCUT2D eigenvalue weighted by Crippen LogP contribution is -2.16. The number of nitro benzene ring substituents is 1. The Morgan fingerprint density at radius 2 is 2.20 bits per heavy atom. The van der Waals surface area contributed by atoms with Gasteiger partial charge in [-0.3, -0.25) is 10.1 Å². The Morgan fingerprint density at radius 1 is 1.53 bits per heavy atom. The van der Waals surface area contributed by atoms with Gasteiger partial charge in [-0.15, -0.1) is 0 Å². The van der Waals surface area contributed by atoms with Gasteiger partial charge in [-0.1, -0.05) is 0 Å². The van der Waals surface area contributed by atoms with Crippen LogP contribution in [0.15, 0.2) is 18.2 Å². The van der Waals surface area contributed by atoms with Crippen molar-refractivity contribution in [3.8, 4) is 5.75 Å². The average Bonchev–Trinajstić information content (AvgIpc) is 2.22. The molecule has 6 nitrogen and oxygen atoms in total. The number of phenols is 1. The highest BCUT2D eigenvalue weighted by atomic mass is 16.6. The first-order valence-corrected chi connectivity index (χ1v) is 4.38. The highest BCUT2D eigenvalue weighted by Gasteiger charge is 2.17. The van der Waals surface area contributed by atoms with Crippen LogP contribution >= 0.6 is 0 Å². The smallest absolute Gasteiger partial charge is 0.269 e. The number of hydrogen-bond donors (Lipinski definition) is 3. The van der Waals surface area contributed by atoms with Gasteiger partial charge in [0.1, 0.15) is 5.75 Å². The Hall–Kier alpha value is -1.66. The highest BCUT2D eigenvalue weighted by molar-refractivity contribution is 5.45. The van der Waals surface area contributed by atoms with Crippen LogP contribution in [0.1, 0.15) is 11.5 Å². The SMILES string of the molecule is NCC(CO)c1cc([N+](=O)[O-])ccc1O. The quantitative estimate of drug-likeness (QED) is 0.492. The van der Waals surface area contributed by atoms with E-state index in [1.165, 1.54) is 18.2 Å². The van der Waals surface area contributed by atoms with Gasteiger partial charge in [0.05, 0.1) is 11.5 Å². The molecule has 1 aromatic rings. The maximum Gasteiger partial charge on any atom is 0.269 e. The average molecular weight is 212 g/mol. The largest absolute Gasteiger partial charge is 0.508 e. The Kier molecular flexibility index (Phi) is 3.59. The zero-order valence-corrected chi connectivity index (χ0v) is 7.96. The lowest BCUT2D eigenvalue weighted by molar-refractivity contribution is -0.385. The molecule has 0 aliphatic rings. The molecule has 1 atom stereocenters. The second-order valence-electron chi connectivity index (χ2n) is 3.12. The Labute approximate surface area is 86.1 Å². The topological polar surface area (TPSA) is 110 Å². The Bertz CT molecular complexity index is 363. The molecule has 1 aromatic carbocycles. The number of nitrogens with zero attached hydrogens (tertiary/aromatic N) is 1. The summed E-state index contributed by atoms with van der Waals surface area (Å²) in [7, 11) is 0. The fourth-order valence-corrected chi connectivity index (χ4v) is 1.28. The van der Waals surface area contributed by atoms with Gasteiger partial charge in [0.2, 0.25) is 0 Å². The van der Waals surface area contributed by atoms with Crippen LogP contribution in [-0.4, -0.2) is 28.3 Å². The molecule has 4 N–H and O–H groups in total. The monoisotopic (exact) mass is 212 g/mol. The molecular formula is C9H12N2O4. The zero-order valence-electron chi connectivity index (χ0n) is 7.96. The number of benzene rings is 1. The molecule has 0 amide bonds. The van der Waals surface area contributed by atoms with Crippen molar-refractivity contribution in [1.82, 2.24) is 0 Å². The van der Waals surface area contributed by atoms with Crippen molar-refractivity contribution in [3.05, 3.63) is 33.9 Å². The fraction of sp³-hybridized carbons (Fsp3) is 0.333. The second-order valence-corrected chi connectivity index (χ2v) is 3.12. The van der Waals surface area contributed by atoms with Crippen molar-refractivity contribution in [2.24, 2.45) is 5.73 Å². The third kappa shape index (κ3) is 2.42. The van der Waals surface area contributed by atoms with E-state index >= 15 is 0 Å². The molecule has 82 valence electrons. The number of non-ortho nitro benzene ring substituents is 1. The first-order valence-electron chi connectivity index (χ1n) is 4.38. The fourth-order valence-electron chi connectivity index (χ4n) is 1.28. The molecule has 0 fully saturated rings. The van der Waals surface area contributed by atoms with Gasteiger partial charge >= 0.3 is 0 Å². The van der Waals surface area contributed by atoms with Gasteiger partial charge in [-0.05, 0) is 6.07 Å². The Morgan fingerprint density at radius 3 is 2.67 bits per heavy atom. The number of aliphatic hydroxyl groups is 1. The van der Waals surface area contributed by atoms with Crippen molar-refractivity contribution < 1.29 is 15.1 Å². The minimum absolute atomic E-state index is 0.0925. The summed E-state index contributed by atoms with van der Waals surface area (Å²) in [5.41, 5.74) is 5.54. The molecule has 1 rings (SSSR count). The predicted molar refractivity (Wildman–Crippen MR) is 53.6 cm³/mol. The third-order valence-corrected chi connectivity index (χ3v) is 2.17. The number of rotatable bonds is 4. The van der Waals surface area contributed by atoms with Gasteiger partial charge in [-0.2, -0.15) is 0 Å². The van der Waals surface area contributed by atoms with Crippen molar-refractivity contribution in [2.75, 3.05) is 13.2 Å². The van der Waals surface area contributed by atoms with Gasteiger partial charge in [0.15, 0.2) is 0 Å². The van der Waals surface area contributed by atoms with Crippen molar-refractivity contribution >= 4 is 5.69 Å². The van der Waals surface area contributed by atoms with E-state index in [0.717, 1.165) is 0 Å². The Balaban J connectivity index is 3.15. The van der Waals surface area contributed by atoms with E-state index in [4.69, 9.17) is 10.8 Å². The number of nitro groups is 1. The van der Waals surface area contributed by atoms with Crippen LogP contribution in [0, 0.1) is 10.1 Å². The summed E-state index contributed by atoms with van der Waals surface area (Å²) in [6.07, 6.45) is 0. The second kappa shape index (κ2) is 4.72. The van der Waals surface area contributed by atoms with Crippen LogP contribution in [0.25, 0.3) is 0 Å². The molecule has 1 unspecified atom stereocenters. The van der Waals surface area contributed by atoms with E-state index in [0.29, 0.717) is 5.56 Å². The molecule has 0 saturated heterocycles. The zero-order chi connectivity index (χ0) is 11.4. The summed E-state index contributed by atoms with van der Waals surface area (Å²) >= 11 is 0. The number of hydrogen-bond acceptors (Lipinski definition) is 5. The lowest BCUT2D eigenvalue weighted by atomic mass is 9.98. The molecule has 0 saturated carbocycles. The minimum Gasteiger partial charge on any atom is -0.508 e. The van der Waals surface area contributed by atoms with Gasteiger partial charge in [-0.25, -0.2) is 0 Å². The van der Waals surface area contributed by atoms with Crippen LogP contribution in [0.2, 0.25) is 0 Å². The number of phenolic OH excluding ortho intramolecular Hbond substituents is 1. The summed E-state index contributed by atoms with van der Waals surface area (Å²) in [5, 5.41) is 28.9. The third-order valence-electron chi connectivity index (χ3n) is 2.17. The molecule has 0 aliphatic heterocycles. The number of aromatic hydroxyl groups is 1. The molecule has 6 heteroatoms. The van der Waals surface area contributed by atoms with Crippen molar-refractivity contribution in [3.63, 3.8) is 0 Å². The van der Waals surface area contributed by atoms with E-state index in [1.807, 2.05) is 0 Å². The molecule has 0 heterocycles. The van der Waals surface area contributed by atoms with E-state index < -0.39 is 10.8 Å². The van der Waals surface area contributed by atoms with Crippen molar-refractivity contribution in [2.45, 2.75) is 5.92 Å². The molecule has 15 heavy (non-hydrogen) atoms. The molecule has 0 aromatic heterocycles. The first-order chi connectivity index (χ1) is 7.10. The first kappa shape index (κ1) is 11.4. The van der Waals surface area contributed by atoms with Crippen LogP contribution in [0.5, 0.6) is 5.75 Å². The maximum atomic E-state index is 10.5. The van der Waals surface area contributed by atoms with Crippen LogP contribution < -0.4 is 5.73 Å². The normalized spacial score (nSPS) is 12.4. The number of nitrogens with two attached hydrogens (primary N) is 1.